The zero-order valence-electron chi connectivity index (χ0n) is 9.41. The van der Waals surface area contributed by atoms with Gasteiger partial charge in [-0.05, 0) is 22.0 Å². The van der Waals surface area contributed by atoms with Crippen molar-refractivity contribution >= 4 is 60.3 Å². The van der Waals surface area contributed by atoms with E-state index < -0.39 is 20.6 Å². The van der Waals surface area contributed by atoms with Crippen molar-refractivity contribution in [1.82, 2.24) is 4.98 Å². The van der Waals surface area contributed by atoms with Gasteiger partial charge in [0.25, 0.3) is 15.7 Å². The van der Waals surface area contributed by atoms with Gasteiger partial charge in [0.2, 0.25) is 0 Å². The first kappa shape index (κ1) is 15.2. The van der Waals surface area contributed by atoms with E-state index in [9.17, 15) is 18.5 Å². The maximum atomic E-state index is 12.1. The minimum Gasteiger partial charge on any atom is -0.278 e. The molecule has 1 N–H and O–H groups in total. The lowest BCUT2D eigenvalue weighted by Crippen LogP contribution is -2.11. The van der Waals surface area contributed by atoms with E-state index in [2.05, 4.69) is 25.6 Å². The van der Waals surface area contributed by atoms with Crippen LogP contribution in [0.3, 0.4) is 0 Å². The van der Waals surface area contributed by atoms with Crippen LogP contribution in [0.25, 0.3) is 0 Å². The maximum Gasteiger partial charge on any atom is 0.300 e. The number of thiophene rings is 1. The molecule has 0 spiro atoms. The molecule has 0 aliphatic carbocycles. The molecule has 20 heavy (non-hydrogen) atoms. The van der Waals surface area contributed by atoms with Crippen LogP contribution in [-0.4, -0.2) is 18.3 Å². The number of hydrogen-bond donors (Lipinski definition) is 1. The zero-order chi connectivity index (χ0) is 14.9. The third-order valence-corrected chi connectivity index (χ3v) is 5.93. The summed E-state index contributed by atoms with van der Waals surface area (Å²) in [5, 5.41) is 10.7. The number of pyridine rings is 1. The van der Waals surface area contributed by atoms with E-state index in [1.54, 1.807) is 0 Å². The molecule has 0 radical (unpaired) electrons. The van der Waals surface area contributed by atoms with E-state index in [1.807, 2.05) is 0 Å². The number of rotatable bonds is 4. The van der Waals surface area contributed by atoms with Gasteiger partial charge in [-0.3, -0.25) is 19.8 Å². The van der Waals surface area contributed by atoms with Crippen molar-refractivity contribution in [2.45, 2.75) is 4.21 Å². The normalized spacial score (nSPS) is 11.3. The molecule has 106 valence electrons. The lowest BCUT2D eigenvalue weighted by Gasteiger charge is -2.06. The lowest BCUT2D eigenvalue weighted by molar-refractivity contribution is -0.384. The first-order valence-electron chi connectivity index (χ1n) is 4.87. The molecule has 0 saturated carbocycles. The highest BCUT2D eigenvalue weighted by Crippen LogP contribution is 2.37. The molecule has 2 heterocycles. The van der Waals surface area contributed by atoms with Crippen LogP contribution < -0.4 is 4.72 Å². The summed E-state index contributed by atoms with van der Waals surface area (Å²) in [6.45, 7) is 0. The van der Waals surface area contributed by atoms with Crippen LogP contribution in [0.4, 0.5) is 11.4 Å². The van der Waals surface area contributed by atoms with Crippen LogP contribution in [0.1, 0.15) is 0 Å². The fourth-order valence-corrected chi connectivity index (χ4v) is 4.47. The average Bonchev–Trinajstić information content (AvgIpc) is 2.75. The van der Waals surface area contributed by atoms with Crippen LogP contribution in [0, 0.1) is 10.1 Å². The van der Waals surface area contributed by atoms with E-state index in [0.29, 0.717) is 15.8 Å². The highest BCUT2D eigenvalue weighted by molar-refractivity contribution is 9.10. The SMILES string of the molecule is O=[N+]([O-])c1cc(S(=O)(=O)Nc2ccncc2Br)sc1Cl. The minimum atomic E-state index is -3.95. The largest absolute Gasteiger partial charge is 0.300 e. The average molecular weight is 399 g/mol. The first-order valence-corrected chi connectivity index (χ1v) is 8.34. The number of nitro groups is 1. The molecule has 0 bridgehead atoms. The number of nitrogens with zero attached hydrogens (tertiary/aromatic N) is 2. The summed E-state index contributed by atoms with van der Waals surface area (Å²) >= 11 is 9.41. The maximum absolute atomic E-state index is 12.1. The molecule has 0 atom stereocenters. The van der Waals surface area contributed by atoms with Gasteiger partial charge in [0.1, 0.15) is 4.21 Å². The van der Waals surface area contributed by atoms with E-state index in [-0.39, 0.29) is 14.2 Å². The molecule has 0 aliphatic rings. The molecular weight excluding hydrogens is 394 g/mol. The molecular formula is C9H5BrClN3O4S2. The van der Waals surface area contributed by atoms with Crippen LogP contribution in [0.2, 0.25) is 4.34 Å². The number of aromatic nitrogens is 1. The third kappa shape index (κ3) is 3.08. The van der Waals surface area contributed by atoms with Crippen molar-refractivity contribution in [3.63, 3.8) is 0 Å². The number of halogens is 2. The van der Waals surface area contributed by atoms with Crippen LogP contribution in [0.15, 0.2) is 33.2 Å². The van der Waals surface area contributed by atoms with Gasteiger partial charge in [-0.25, -0.2) is 8.42 Å². The summed E-state index contributed by atoms with van der Waals surface area (Å²) in [7, 11) is -3.95. The highest BCUT2D eigenvalue weighted by Gasteiger charge is 2.25. The second-order valence-corrected chi connectivity index (χ2v) is 7.86. The molecule has 7 nitrogen and oxygen atoms in total. The molecule has 0 amide bonds. The molecule has 0 aliphatic heterocycles. The Morgan fingerprint density at radius 1 is 1.50 bits per heavy atom. The Labute approximate surface area is 130 Å². The standard InChI is InChI=1S/C9H5BrClN3O4S2/c10-5-4-12-2-1-6(5)13-20(17,18)8-3-7(14(15)16)9(11)19-8/h1-4H,(H,12,13). The second kappa shape index (κ2) is 5.64. The summed E-state index contributed by atoms with van der Waals surface area (Å²) in [6.07, 6.45) is 2.83. The predicted octanol–water partition coefficient (Wildman–Crippen LogP) is 3.27. The smallest absolute Gasteiger partial charge is 0.278 e. The van der Waals surface area contributed by atoms with E-state index >= 15 is 0 Å². The van der Waals surface area contributed by atoms with E-state index in [1.165, 1.54) is 18.5 Å². The number of nitrogens with one attached hydrogen (secondary N) is 1. The lowest BCUT2D eigenvalue weighted by atomic mass is 10.4. The van der Waals surface area contributed by atoms with Gasteiger partial charge in [0.05, 0.1) is 15.1 Å². The Morgan fingerprint density at radius 3 is 2.75 bits per heavy atom. The Balaban J connectivity index is 2.39. The van der Waals surface area contributed by atoms with Gasteiger partial charge in [0, 0.05) is 18.5 Å². The van der Waals surface area contributed by atoms with Gasteiger partial charge in [-0.2, -0.15) is 0 Å². The van der Waals surface area contributed by atoms with Gasteiger partial charge in [-0.1, -0.05) is 11.6 Å². The summed E-state index contributed by atoms with van der Waals surface area (Å²) in [6, 6.07) is 2.37. The second-order valence-electron chi connectivity index (χ2n) is 3.44. The van der Waals surface area contributed by atoms with Crippen molar-refractivity contribution in [1.29, 1.82) is 0 Å². The fraction of sp³-hybridized carbons (Fsp3) is 0. The molecule has 0 aromatic carbocycles. The highest BCUT2D eigenvalue weighted by atomic mass is 79.9. The molecule has 2 aromatic heterocycles. The summed E-state index contributed by atoms with van der Waals surface area (Å²) in [5.74, 6) is 0. The number of hydrogen-bond acceptors (Lipinski definition) is 6. The topological polar surface area (TPSA) is 102 Å². The Hall–Kier alpha value is -1.23. The Kier molecular flexibility index (Phi) is 4.28. The van der Waals surface area contributed by atoms with Crippen molar-refractivity contribution < 1.29 is 13.3 Å². The van der Waals surface area contributed by atoms with Gasteiger partial charge in [-0.15, -0.1) is 11.3 Å². The molecule has 0 unspecified atom stereocenters. The minimum absolute atomic E-state index is 0.191. The predicted molar refractivity (Wildman–Crippen MR) is 78.7 cm³/mol. The molecule has 0 fully saturated rings. The monoisotopic (exact) mass is 397 g/mol. The quantitative estimate of drug-likeness (QED) is 0.629. The molecule has 0 saturated heterocycles. The van der Waals surface area contributed by atoms with Crippen LogP contribution >= 0.6 is 38.9 Å². The Bertz CT molecular complexity index is 777. The summed E-state index contributed by atoms with van der Waals surface area (Å²) < 4.78 is 26.6. The molecule has 11 heteroatoms. The zero-order valence-corrected chi connectivity index (χ0v) is 13.4. The van der Waals surface area contributed by atoms with Gasteiger partial charge < -0.3 is 0 Å². The van der Waals surface area contributed by atoms with Gasteiger partial charge in [0.15, 0.2) is 4.34 Å². The van der Waals surface area contributed by atoms with Crippen LogP contribution in [0.5, 0.6) is 0 Å². The third-order valence-electron chi connectivity index (χ3n) is 2.12. The number of anilines is 1. The van der Waals surface area contributed by atoms with E-state index in [4.69, 9.17) is 11.6 Å². The van der Waals surface area contributed by atoms with Crippen molar-refractivity contribution in [3.05, 3.63) is 43.4 Å². The van der Waals surface area contributed by atoms with Gasteiger partial charge >= 0.3 is 0 Å². The molecule has 2 rings (SSSR count). The summed E-state index contributed by atoms with van der Waals surface area (Å²) in [4.78, 5) is 13.7. The van der Waals surface area contributed by atoms with Crippen molar-refractivity contribution in [2.24, 2.45) is 0 Å². The first-order chi connectivity index (χ1) is 9.31. The van der Waals surface area contributed by atoms with Crippen molar-refractivity contribution in [2.75, 3.05) is 4.72 Å². The van der Waals surface area contributed by atoms with E-state index in [0.717, 1.165) is 6.07 Å². The fourth-order valence-electron chi connectivity index (χ4n) is 1.25. The van der Waals surface area contributed by atoms with Crippen molar-refractivity contribution in [3.8, 4) is 0 Å². The number of sulfonamides is 1. The Morgan fingerprint density at radius 2 is 2.20 bits per heavy atom. The molecule has 2 aromatic rings. The summed E-state index contributed by atoms with van der Waals surface area (Å²) in [5.41, 5.74) is -0.169. The van der Waals surface area contributed by atoms with Crippen LogP contribution in [-0.2, 0) is 10.0 Å².